The molecule has 2 aromatic carbocycles. The van der Waals surface area contributed by atoms with Gasteiger partial charge < -0.3 is 10.1 Å². The number of rotatable bonds is 5. The Bertz CT molecular complexity index is 1640. The summed E-state index contributed by atoms with van der Waals surface area (Å²) in [6.45, 7) is 0. The first-order valence-corrected chi connectivity index (χ1v) is 12.6. The molecule has 10 heteroatoms. The number of carbonyl (C=O) groups is 1. The smallest absolute Gasteiger partial charge is 0.236 e. The van der Waals surface area contributed by atoms with Crippen LogP contribution in [-0.2, 0) is 4.79 Å². The van der Waals surface area contributed by atoms with Crippen molar-refractivity contribution < 1.29 is 9.53 Å². The largest absolute Gasteiger partial charge is 0.497 e. The molecule has 0 aliphatic carbocycles. The number of thioether (sulfide) groups is 1. The van der Waals surface area contributed by atoms with E-state index in [0.717, 1.165) is 52.3 Å². The summed E-state index contributed by atoms with van der Waals surface area (Å²) in [6, 6.07) is 15.7. The fourth-order valence-corrected chi connectivity index (χ4v) is 6.44. The number of pyridine rings is 1. The second-order valence-corrected chi connectivity index (χ2v) is 10.2. The predicted molar refractivity (Wildman–Crippen MR) is 136 cm³/mol. The van der Waals surface area contributed by atoms with Gasteiger partial charge in [-0.15, -0.1) is 11.3 Å². The molecule has 33 heavy (non-hydrogen) atoms. The van der Waals surface area contributed by atoms with Crippen molar-refractivity contribution in [2.75, 3.05) is 18.2 Å². The van der Waals surface area contributed by atoms with Gasteiger partial charge in [0, 0.05) is 10.8 Å². The second-order valence-electron chi connectivity index (χ2n) is 7.18. The number of fused-ring (bicyclic) bond motifs is 5. The van der Waals surface area contributed by atoms with Crippen LogP contribution >= 0.6 is 34.4 Å². The number of anilines is 1. The Labute approximate surface area is 199 Å². The van der Waals surface area contributed by atoms with Crippen molar-refractivity contribution in [3.8, 4) is 5.75 Å². The van der Waals surface area contributed by atoms with Crippen LogP contribution in [0.2, 0.25) is 0 Å². The molecule has 0 fully saturated rings. The van der Waals surface area contributed by atoms with E-state index in [0.29, 0.717) is 5.13 Å². The van der Waals surface area contributed by atoms with Gasteiger partial charge in [-0.1, -0.05) is 35.2 Å². The molecule has 1 N–H and O–H groups in total. The number of nitrogens with zero attached hydrogens (tertiary/aromatic N) is 4. The lowest BCUT2D eigenvalue weighted by Gasteiger charge is -2.02. The summed E-state index contributed by atoms with van der Waals surface area (Å²) >= 11 is 4.39. The lowest BCUT2D eigenvalue weighted by Crippen LogP contribution is -2.13. The van der Waals surface area contributed by atoms with Crippen LogP contribution in [0.3, 0.4) is 0 Å². The molecule has 6 rings (SSSR count). The van der Waals surface area contributed by atoms with Gasteiger partial charge in [-0.05, 0) is 36.4 Å². The number of benzene rings is 2. The Morgan fingerprint density at radius 2 is 1.97 bits per heavy atom. The highest BCUT2D eigenvalue weighted by atomic mass is 32.2. The Balaban J connectivity index is 1.28. The summed E-state index contributed by atoms with van der Waals surface area (Å²) < 4.78 is 7.31. The number of methoxy groups -OCH3 is 1. The second kappa shape index (κ2) is 8.22. The van der Waals surface area contributed by atoms with Gasteiger partial charge in [-0.25, -0.2) is 19.9 Å². The molecule has 0 aliphatic rings. The summed E-state index contributed by atoms with van der Waals surface area (Å²) in [5, 5.41) is 6.22. The van der Waals surface area contributed by atoms with Gasteiger partial charge in [0.05, 0.1) is 38.8 Å². The maximum Gasteiger partial charge on any atom is 0.236 e. The van der Waals surface area contributed by atoms with Crippen molar-refractivity contribution in [2.45, 2.75) is 5.03 Å². The third-order valence-electron chi connectivity index (χ3n) is 5.09. The van der Waals surface area contributed by atoms with E-state index in [-0.39, 0.29) is 11.7 Å². The highest BCUT2D eigenvalue weighted by Gasteiger charge is 2.16. The molecule has 4 aromatic heterocycles. The summed E-state index contributed by atoms with van der Waals surface area (Å²) in [5.41, 5.74) is 2.62. The van der Waals surface area contributed by atoms with E-state index in [1.165, 1.54) is 29.4 Å². The van der Waals surface area contributed by atoms with Gasteiger partial charge >= 0.3 is 0 Å². The van der Waals surface area contributed by atoms with Gasteiger partial charge in [0.2, 0.25) is 5.91 Å². The SMILES string of the molecule is COc1ccc2nc3sc4c(SCC(=O)Nc5nc6ccccc6s5)ncnc4c3cc2c1. The van der Waals surface area contributed by atoms with E-state index in [4.69, 9.17) is 9.72 Å². The number of carbonyl (C=O) groups excluding carboxylic acids is 1. The molecule has 4 heterocycles. The van der Waals surface area contributed by atoms with Crippen LogP contribution < -0.4 is 10.1 Å². The van der Waals surface area contributed by atoms with Crippen LogP contribution in [0, 0.1) is 0 Å². The third-order valence-corrected chi connectivity index (χ3v) is 8.26. The molecular formula is C23H15N5O2S3. The van der Waals surface area contributed by atoms with Gasteiger partial charge in [0.15, 0.2) is 5.13 Å². The van der Waals surface area contributed by atoms with E-state index in [1.807, 2.05) is 42.5 Å². The lowest BCUT2D eigenvalue weighted by molar-refractivity contribution is -0.113. The highest BCUT2D eigenvalue weighted by Crippen LogP contribution is 2.38. The molecule has 6 aromatic rings. The number of hydrogen-bond acceptors (Lipinski definition) is 9. The first-order valence-electron chi connectivity index (χ1n) is 9.98. The molecule has 0 aliphatic heterocycles. The number of hydrogen-bond donors (Lipinski definition) is 1. The lowest BCUT2D eigenvalue weighted by atomic mass is 10.1. The zero-order valence-electron chi connectivity index (χ0n) is 17.2. The quantitative estimate of drug-likeness (QED) is 0.244. The standard InChI is InChI=1S/C23H15N5O2S3/c1-30-13-6-7-15-12(8-13)9-14-19-20(33-21(14)26-15)22(25-11-24-19)31-10-18(29)28-23-27-16-4-2-3-5-17(16)32-23/h2-9,11H,10H2,1H3,(H,27,28,29). The van der Waals surface area contributed by atoms with Crippen LogP contribution in [0.25, 0.3) is 41.6 Å². The predicted octanol–water partition coefficient (Wildman–Crippen LogP) is 5.74. The van der Waals surface area contributed by atoms with Gasteiger partial charge in [-0.3, -0.25) is 4.79 Å². The molecule has 7 nitrogen and oxygen atoms in total. The molecule has 0 saturated heterocycles. The summed E-state index contributed by atoms with van der Waals surface area (Å²) in [7, 11) is 1.65. The number of amides is 1. The van der Waals surface area contributed by atoms with Crippen molar-refractivity contribution in [1.29, 1.82) is 0 Å². The molecule has 162 valence electrons. The van der Waals surface area contributed by atoms with Crippen LogP contribution in [0.4, 0.5) is 5.13 Å². The van der Waals surface area contributed by atoms with E-state index in [1.54, 1.807) is 18.4 Å². The van der Waals surface area contributed by atoms with Crippen molar-refractivity contribution >= 4 is 87.0 Å². The first-order chi connectivity index (χ1) is 16.2. The van der Waals surface area contributed by atoms with Gasteiger partial charge in [0.25, 0.3) is 0 Å². The minimum Gasteiger partial charge on any atom is -0.497 e. The fourth-order valence-electron chi connectivity index (χ4n) is 3.57. The molecule has 0 bridgehead atoms. The number of aromatic nitrogens is 4. The molecular weight excluding hydrogens is 474 g/mol. The summed E-state index contributed by atoms with van der Waals surface area (Å²) in [4.78, 5) is 31.7. The van der Waals surface area contributed by atoms with Crippen molar-refractivity contribution in [2.24, 2.45) is 0 Å². The molecule has 1 amide bonds. The van der Waals surface area contributed by atoms with Crippen LogP contribution in [0.1, 0.15) is 0 Å². The highest BCUT2D eigenvalue weighted by molar-refractivity contribution is 8.00. The van der Waals surface area contributed by atoms with Crippen LogP contribution in [0.5, 0.6) is 5.75 Å². The Kier molecular flexibility index (Phi) is 5.05. The van der Waals surface area contributed by atoms with E-state index < -0.39 is 0 Å². The maximum atomic E-state index is 12.6. The minimum absolute atomic E-state index is 0.122. The topological polar surface area (TPSA) is 89.9 Å². The van der Waals surface area contributed by atoms with Crippen LogP contribution in [0.15, 0.2) is 59.9 Å². The normalized spacial score (nSPS) is 11.5. The van der Waals surface area contributed by atoms with Gasteiger partial charge in [-0.2, -0.15) is 0 Å². The fraction of sp³-hybridized carbons (Fsp3) is 0.0870. The average molecular weight is 490 g/mol. The maximum absolute atomic E-state index is 12.6. The molecule has 0 radical (unpaired) electrons. The first kappa shape index (κ1) is 20.3. The number of ether oxygens (including phenoxy) is 1. The Morgan fingerprint density at radius 3 is 2.85 bits per heavy atom. The van der Waals surface area contributed by atoms with E-state index in [2.05, 4.69) is 26.3 Å². The van der Waals surface area contributed by atoms with Crippen molar-refractivity contribution in [3.05, 3.63) is 54.9 Å². The molecule has 0 saturated carbocycles. The minimum atomic E-state index is -0.122. The number of thiazole rings is 1. The van der Waals surface area contributed by atoms with E-state index >= 15 is 0 Å². The average Bonchev–Trinajstić information content (AvgIpc) is 3.41. The van der Waals surface area contributed by atoms with Gasteiger partial charge in [0.1, 0.15) is 21.9 Å². The Morgan fingerprint density at radius 1 is 1.06 bits per heavy atom. The molecule has 0 spiro atoms. The van der Waals surface area contributed by atoms with Crippen molar-refractivity contribution in [1.82, 2.24) is 19.9 Å². The number of thiophene rings is 1. The van der Waals surface area contributed by atoms with Crippen LogP contribution in [-0.4, -0.2) is 38.7 Å². The zero-order chi connectivity index (χ0) is 22.4. The zero-order valence-corrected chi connectivity index (χ0v) is 19.7. The summed E-state index contributed by atoms with van der Waals surface area (Å²) in [5.74, 6) is 0.888. The van der Waals surface area contributed by atoms with E-state index in [9.17, 15) is 4.79 Å². The number of para-hydroxylation sites is 1. The third kappa shape index (κ3) is 3.75. The molecule has 0 unspecified atom stereocenters. The Hall–Kier alpha value is -3.34. The molecule has 0 atom stereocenters. The number of nitrogens with one attached hydrogen (secondary N) is 1. The summed E-state index contributed by atoms with van der Waals surface area (Å²) in [6.07, 6.45) is 1.54. The monoisotopic (exact) mass is 489 g/mol. The van der Waals surface area contributed by atoms with Crippen molar-refractivity contribution in [3.63, 3.8) is 0 Å².